The SMILES string of the molecule is O=C(CCCCC=C(COc1cccc2ccccc12)C(=O)NC1CCN(C(=O)O)C1)NOC1CCCCO1. The highest BCUT2D eigenvalue weighted by Crippen LogP contribution is 2.25. The molecule has 0 radical (unpaired) electrons. The Labute approximate surface area is 228 Å². The van der Waals surface area contributed by atoms with Crippen LogP contribution in [0.1, 0.15) is 51.4 Å². The Hall–Kier alpha value is -3.63. The highest BCUT2D eigenvalue weighted by molar-refractivity contribution is 5.94. The summed E-state index contributed by atoms with van der Waals surface area (Å²) in [6, 6.07) is 13.4. The van der Waals surface area contributed by atoms with Crippen LogP contribution in [0.4, 0.5) is 4.79 Å². The van der Waals surface area contributed by atoms with E-state index in [1.165, 1.54) is 4.90 Å². The molecule has 2 saturated heterocycles. The number of allylic oxidation sites excluding steroid dienone is 1. The van der Waals surface area contributed by atoms with E-state index in [0.29, 0.717) is 56.6 Å². The molecule has 2 aliphatic heterocycles. The Morgan fingerprint density at radius 3 is 2.72 bits per heavy atom. The summed E-state index contributed by atoms with van der Waals surface area (Å²) in [5, 5.41) is 14.2. The molecule has 0 bridgehead atoms. The van der Waals surface area contributed by atoms with Gasteiger partial charge in [-0.05, 0) is 50.0 Å². The van der Waals surface area contributed by atoms with Gasteiger partial charge in [0.1, 0.15) is 12.4 Å². The van der Waals surface area contributed by atoms with Gasteiger partial charge in [-0.1, -0.05) is 42.5 Å². The number of ether oxygens (including phenoxy) is 2. The molecule has 0 aliphatic carbocycles. The van der Waals surface area contributed by atoms with Crippen molar-refractivity contribution in [2.45, 2.75) is 63.7 Å². The van der Waals surface area contributed by atoms with E-state index in [-0.39, 0.29) is 37.3 Å². The number of fused-ring (bicyclic) bond motifs is 1. The quantitative estimate of drug-likeness (QED) is 0.210. The van der Waals surface area contributed by atoms with Gasteiger partial charge in [-0.25, -0.2) is 15.1 Å². The van der Waals surface area contributed by atoms with E-state index >= 15 is 0 Å². The summed E-state index contributed by atoms with van der Waals surface area (Å²) >= 11 is 0. The number of hydroxylamine groups is 1. The smallest absolute Gasteiger partial charge is 0.407 e. The van der Waals surface area contributed by atoms with E-state index in [4.69, 9.17) is 14.3 Å². The molecule has 4 rings (SSSR count). The lowest BCUT2D eigenvalue weighted by atomic mass is 10.1. The van der Waals surface area contributed by atoms with Gasteiger partial charge < -0.3 is 24.8 Å². The van der Waals surface area contributed by atoms with Gasteiger partial charge in [-0.2, -0.15) is 0 Å². The molecule has 2 unspecified atom stereocenters. The van der Waals surface area contributed by atoms with Gasteiger partial charge in [0.05, 0.1) is 5.57 Å². The molecule has 0 spiro atoms. The predicted molar refractivity (Wildman–Crippen MR) is 145 cm³/mol. The van der Waals surface area contributed by atoms with Crippen LogP contribution in [0.3, 0.4) is 0 Å². The van der Waals surface area contributed by atoms with Crippen LogP contribution in [-0.2, 0) is 19.2 Å². The molecule has 2 atom stereocenters. The summed E-state index contributed by atoms with van der Waals surface area (Å²) in [7, 11) is 0. The van der Waals surface area contributed by atoms with Crippen molar-refractivity contribution in [3.63, 3.8) is 0 Å². The number of hydrogen-bond acceptors (Lipinski definition) is 6. The number of benzene rings is 2. The van der Waals surface area contributed by atoms with E-state index in [9.17, 15) is 19.5 Å². The summed E-state index contributed by atoms with van der Waals surface area (Å²) in [5.74, 6) is 0.212. The van der Waals surface area contributed by atoms with Crippen molar-refractivity contribution < 1.29 is 33.8 Å². The van der Waals surface area contributed by atoms with Crippen LogP contribution in [-0.4, -0.2) is 66.5 Å². The third-order valence-corrected chi connectivity index (χ3v) is 6.91. The zero-order valence-corrected chi connectivity index (χ0v) is 22.1. The Morgan fingerprint density at radius 2 is 1.92 bits per heavy atom. The molecule has 2 fully saturated rings. The Bertz CT molecular complexity index is 1160. The first kappa shape index (κ1) is 28.4. The molecule has 2 heterocycles. The van der Waals surface area contributed by atoms with Crippen molar-refractivity contribution in [2.24, 2.45) is 0 Å². The minimum Gasteiger partial charge on any atom is -0.488 e. The van der Waals surface area contributed by atoms with E-state index in [1.807, 2.05) is 48.5 Å². The molecule has 3 amide bonds. The highest BCUT2D eigenvalue weighted by Gasteiger charge is 2.27. The second kappa shape index (κ2) is 14.5. The molecule has 10 nitrogen and oxygen atoms in total. The lowest BCUT2D eigenvalue weighted by Crippen LogP contribution is -2.39. The van der Waals surface area contributed by atoms with Crippen LogP contribution in [0.25, 0.3) is 10.8 Å². The minimum absolute atomic E-state index is 0.0743. The van der Waals surface area contributed by atoms with E-state index in [1.54, 1.807) is 0 Å². The first-order valence-electron chi connectivity index (χ1n) is 13.6. The van der Waals surface area contributed by atoms with Gasteiger partial charge in [0, 0.05) is 44.0 Å². The maximum atomic E-state index is 13.2. The molecule has 3 N–H and O–H groups in total. The molecular weight excluding hydrogens is 502 g/mol. The molecule has 0 saturated carbocycles. The number of carbonyl (C=O) groups excluding carboxylic acids is 2. The predicted octanol–water partition coefficient (Wildman–Crippen LogP) is 4.15. The number of carbonyl (C=O) groups is 3. The van der Waals surface area contributed by atoms with Gasteiger partial charge in [-0.15, -0.1) is 0 Å². The normalized spacial score (nSPS) is 19.6. The summed E-state index contributed by atoms with van der Waals surface area (Å²) in [5.41, 5.74) is 2.94. The van der Waals surface area contributed by atoms with Crippen molar-refractivity contribution in [1.29, 1.82) is 0 Å². The number of likely N-dealkylation sites (tertiary alicyclic amines) is 1. The fourth-order valence-corrected chi connectivity index (χ4v) is 4.72. The zero-order valence-electron chi connectivity index (χ0n) is 22.1. The molecule has 0 aromatic heterocycles. The maximum absolute atomic E-state index is 13.2. The summed E-state index contributed by atoms with van der Waals surface area (Å²) in [6.07, 6.45) is 6.08. The Balaban J connectivity index is 1.30. The number of amides is 3. The molecule has 2 aliphatic rings. The second-order valence-electron chi connectivity index (χ2n) is 9.87. The molecule has 10 heteroatoms. The molecule has 210 valence electrons. The fraction of sp³-hybridized carbons (Fsp3) is 0.483. The van der Waals surface area contributed by atoms with E-state index < -0.39 is 6.09 Å². The van der Waals surface area contributed by atoms with Crippen LogP contribution in [0, 0.1) is 0 Å². The average molecular weight is 540 g/mol. The number of unbranched alkanes of at least 4 members (excludes halogenated alkanes) is 2. The largest absolute Gasteiger partial charge is 0.488 e. The minimum atomic E-state index is -0.984. The molecule has 2 aromatic carbocycles. The molecular formula is C29H37N3O7. The first-order valence-corrected chi connectivity index (χ1v) is 13.6. The van der Waals surface area contributed by atoms with Crippen LogP contribution in [0.5, 0.6) is 5.75 Å². The lowest BCUT2D eigenvalue weighted by Gasteiger charge is -2.22. The standard InChI is InChI=1S/C29H37N3O7/c33-26(31-39-27-15-6-7-18-37-27)14-3-1-2-10-22(28(34)30-23-16-17-32(19-23)29(35)36)20-38-25-13-8-11-21-9-4-5-12-24(21)25/h4-5,8-13,23,27H,1-3,6-7,14-20H2,(H,30,34)(H,31,33)(H,35,36). The summed E-state index contributed by atoms with van der Waals surface area (Å²) < 4.78 is 11.5. The third kappa shape index (κ3) is 8.69. The number of hydrogen-bond donors (Lipinski definition) is 3. The lowest BCUT2D eigenvalue weighted by molar-refractivity contribution is -0.200. The van der Waals surface area contributed by atoms with Gasteiger partial charge >= 0.3 is 6.09 Å². The molecule has 2 aromatic rings. The number of nitrogens with one attached hydrogen (secondary N) is 2. The van der Waals surface area contributed by atoms with Crippen LogP contribution < -0.4 is 15.5 Å². The number of rotatable bonds is 12. The van der Waals surface area contributed by atoms with Crippen LogP contribution in [0.15, 0.2) is 54.1 Å². The van der Waals surface area contributed by atoms with Crippen molar-refractivity contribution in [2.75, 3.05) is 26.3 Å². The highest BCUT2D eigenvalue weighted by atomic mass is 16.8. The van der Waals surface area contributed by atoms with Crippen LogP contribution in [0.2, 0.25) is 0 Å². The maximum Gasteiger partial charge on any atom is 0.407 e. The van der Waals surface area contributed by atoms with Crippen LogP contribution >= 0.6 is 0 Å². The fourth-order valence-electron chi connectivity index (χ4n) is 4.72. The van der Waals surface area contributed by atoms with Gasteiger partial charge in [0.2, 0.25) is 5.91 Å². The molecule has 39 heavy (non-hydrogen) atoms. The third-order valence-electron chi connectivity index (χ3n) is 6.91. The van der Waals surface area contributed by atoms with Gasteiger partial charge in [0.15, 0.2) is 6.29 Å². The van der Waals surface area contributed by atoms with Crippen molar-refractivity contribution in [3.8, 4) is 5.75 Å². The first-order chi connectivity index (χ1) is 19.0. The van der Waals surface area contributed by atoms with E-state index in [0.717, 1.165) is 30.0 Å². The van der Waals surface area contributed by atoms with Crippen molar-refractivity contribution in [1.82, 2.24) is 15.7 Å². The number of carboxylic acid groups (broad SMARTS) is 1. The summed E-state index contributed by atoms with van der Waals surface area (Å²) in [6.45, 7) is 1.38. The zero-order chi connectivity index (χ0) is 27.5. The second-order valence-corrected chi connectivity index (χ2v) is 9.87. The Kier molecular flexibility index (Phi) is 10.6. The monoisotopic (exact) mass is 539 g/mol. The van der Waals surface area contributed by atoms with E-state index in [2.05, 4.69) is 10.8 Å². The topological polar surface area (TPSA) is 126 Å². The Morgan fingerprint density at radius 1 is 1.08 bits per heavy atom. The van der Waals surface area contributed by atoms with Gasteiger partial charge in [-0.3, -0.25) is 9.59 Å². The van der Waals surface area contributed by atoms with Crippen molar-refractivity contribution >= 4 is 28.7 Å². The number of nitrogens with zero attached hydrogens (tertiary/aromatic N) is 1. The average Bonchev–Trinajstić information content (AvgIpc) is 3.42. The van der Waals surface area contributed by atoms with Crippen molar-refractivity contribution in [3.05, 3.63) is 54.1 Å². The summed E-state index contributed by atoms with van der Waals surface area (Å²) in [4.78, 5) is 43.1. The van der Waals surface area contributed by atoms with Gasteiger partial charge in [0.25, 0.3) is 5.91 Å².